The molecular formula is C19H36N2O5S. The zero-order valence-electron chi connectivity index (χ0n) is 17.4. The highest BCUT2D eigenvalue weighted by atomic mass is 32.2. The van der Waals surface area contributed by atoms with Gasteiger partial charge < -0.3 is 25.3 Å². The first kappa shape index (κ1) is 35.9. The predicted octanol–water partition coefficient (Wildman–Crippen LogP) is 1.86. The number of rotatable bonds is 5. The number of nitrogens with two attached hydrogens (primary N) is 1. The van der Waals surface area contributed by atoms with Crippen molar-refractivity contribution >= 4 is 30.4 Å². The molecule has 1 fully saturated rings. The maximum atomic E-state index is 10.8. The molecule has 158 valence electrons. The van der Waals surface area contributed by atoms with E-state index in [0.29, 0.717) is 13.1 Å². The highest BCUT2D eigenvalue weighted by Gasteiger charge is 2.41. The monoisotopic (exact) mass is 404 g/mol. The summed E-state index contributed by atoms with van der Waals surface area (Å²) in [6.45, 7) is 14.3. The maximum absolute atomic E-state index is 10.8. The number of likely N-dealkylation sites (N-methyl/N-ethyl adjacent to an activating group) is 1. The lowest BCUT2D eigenvalue weighted by molar-refractivity contribution is -0.142. The average Bonchev–Trinajstić information content (AvgIpc) is 2.71. The number of hydrogen-bond acceptors (Lipinski definition) is 7. The van der Waals surface area contributed by atoms with Gasteiger partial charge in [-0.3, -0.25) is 9.59 Å². The average molecular weight is 405 g/mol. The Kier molecular flexibility index (Phi) is 42.1. The summed E-state index contributed by atoms with van der Waals surface area (Å²) in [5, 5.41) is 7.22. The van der Waals surface area contributed by atoms with Crippen molar-refractivity contribution in [2.24, 2.45) is 5.73 Å². The zero-order valence-corrected chi connectivity index (χ0v) is 18.2. The molecule has 1 saturated heterocycles. The minimum atomic E-state index is -0.255. The van der Waals surface area contributed by atoms with E-state index < -0.39 is 0 Å². The van der Waals surface area contributed by atoms with Crippen molar-refractivity contribution in [1.29, 1.82) is 0 Å². The quantitative estimate of drug-likeness (QED) is 0.237. The van der Waals surface area contributed by atoms with Crippen LogP contribution in [0.3, 0.4) is 0 Å². The summed E-state index contributed by atoms with van der Waals surface area (Å²) < 4.78 is 4.39. The largest absolute Gasteiger partial charge is 0.464 e. The van der Waals surface area contributed by atoms with Crippen LogP contribution in [0.1, 0.15) is 27.7 Å². The number of hydrogen-bond donors (Lipinski definition) is 2. The van der Waals surface area contributed by atoms with Gasteiger partial charge in [-0.25, -0.2) is 0 Å². The SMILES string of the molecule is C#C.C=C.CC(C)=CCOC=O.CC=O.CCS[C@@H]1[C@H](N)C(=O)N1C.CO. The predicted molar refractivity (Wildman–Crippen MR) is 115 cm³/mol. The van der Waals surface area contributed by atoms with Gasteiger partial charge in [0.25, 0.3) is 6.47 Å². The smallest absolute Gasteiger partial charge is 0.293 e. The van der Waals surface area contributed by atoms with E-state index in [2.05, 4.69) is 37.7 Å². The Hall–Kier alpha value is -2.08. The number of carbonyl (C=O) groups excluding carboxylic acids is 3. The van der Waals surface area contributed by atoms with Crippen molar-refractivity contribution < 1.29 is 24.2 Å². The second kappa shape index (κ2) is 31.7. The minimum Gasteiger partial charge on any atom is -0.464 e. The number of amides is 1. The van der Waals surface area contributed by atoms with Crippen molar-refractivity contribution in [1.82, 2.24) is 4.90 Å². The summed E-state index contributed by atoms with van der Waals surface area (Å²) in [6, 6.07) is -0.255. The summed E-state index contributed by atoms with van der Waals surface area (Å²) in [5.41, 5.74) is 6.69. The standard InChI is InChI=1S/C6H12N2OS.C6H10O2.C2H4O.C2H4.C2H2.CH4O/c1-3-10-6-4(7)5(9)8(6)2;1-6(2)3-4-8-5-7;1-2-3;3*1-2/h4,6H,3,7H2,1-2H3;3,5H,4H2,1-2H3;2H,1H3;1-2H2;1-2H;2H,1H3/t4-,6-;;;;;/m1...../s1. The van der Waals surface area contributed by atoms with Crippen molar-refractivity contribution in [3.8, 4) is 12.8 Å². The Morgan fingerprint density at radius 3 is 2.00 bits per heavy atom. The Balaban J connectivity index is -0.0000000851. The number of β-lactam (4-membered cyclic amide) rings is 1. The van der Waals surface area contributed by atoms with Crippen LogP contribution in [-0.4, -0.2) is 66.6 Å². The number of carbonyl (C=O) groups is 3. The molecule has 0 aromatic rings. The lowest BCUT2D eigenvalue weighted by Gasteiger charge is -2.42. The van der Waals surface area contributed by atoms with Crippen LogP contribution in [0.5, 0.6) is 0 Å². The highest BCUT2D eigenvalue weighted by Crippen LogP contribution is 2.26. The first-order chi connectivity index (χ1) is 12.9. The molecule has 1 amide bonds. The first-order valence-corrected chi connectivity index (χ1v) is 8.92. The number of aldehydes is 1. The van der Waals surface area contributed by atoms with E-state index in [1.165, 1.54) is 6.92 Å². The van der Waals surface area contributed by atoms with E-state index in [0.717, 1.165) is 24.7 Å². The molecule has 0 saturated carbocycles. The van der Waals surface area contributed by atoms with E-state index in [9.17, 15) is 9.59 Å². The lowest BCUT2D eigenvalue weighted by Crippen LogP contribution is -2.65. The van der Waals surface area contributed by atoms with E-state index in [-0.39, 0.29) is 17.3 Å². The topological polar surface area (TPSA) is 110 Å². The molecule has 0 aliphatic carbocycles. The molecule has 0 unspecified atom stereocenters. The molecule has 1 aliphatic heterocycles. The van der Waals surface area contributed by atoms with Crippen LogP contribution in [-0.2, 0) is 19.1 Å². The molecule has 0 radical (unpaired) electrons. The van der Waals surface area contributed by atoms with E-state index >= 15 is 0 Å². The van der Waals surface area contributed by atoms with Gasteiger partial charge in [0.05, 0.1) is 0 Å². The number of terminal acetylenes is 1. The molecule has 1 heterocycles. The maximum Gasteiger partial charge on any atom is 0.293 e. The van der Waals surface area contributed by atoms with Crippen LogP contribution in [0.4, 0.5) is 0 Å². The third-order valence-electron chi connectivity index (χ3n) is 2.31. The fourth-order valence-corrected chi connectivity index (χ4v) is 2.27. The van der Waals surface area contributed by atoms with Crippen molar-refractivity contribution in [2.75, 3.05) is 26.5 Å². The summed E-state index contributed by atoms with van der Waals surface area (Å²) >= 11 is 1.72. The van der Waals surface area contributed by atoms with Gasteiger partial charge in [-0.1, -0.05) is 12.5 Å². The number of aliphatic hydroxyl groups excluding tert-OH is 1. The van der Waals surface area contributed by atoms with Crippen LogP contribution < -0.4 is 5.73 Å². The Morgan fingerprint density at radius 2 is 1.74 bits per heavy atom. The van der Waals surface area contributed by atoms with Gasteiger partial charge in [0.1, 0.15) is 24.3 Å². The van der Waals surface area contributed by atoms with Crippen molar-refractivity contribution in [3.63, 3.8) is 0 Å². The van der Waals surface area contributed by atoms with Gasteiger partial charge in [-0.05, 0) is 32.6 Å². The summed E-state index contributed by atoms with van der Waals surface area (Å²) in [4.78, 5) is 30.9. The first-order valence-electron chi connectivity index (χ1n) is 7.87. The van der Waals surface area contributed by atoms with Crippen LogP contribution in [0.25, 0.3) is 0 Å². The molecule has 1 rings (SSSR count). The number of thioether (sulfide) groups is 1. The van der Waals surface area contributed by atoms with Crippen molar-refractivity contribution in [2.45, 2.75) is 39.1 Å². The molecule has 0 spiro atoms. The number of likely N-dealkylation sites (tertiary alicyclic amines) is 1. The number of aliphatic hydroxyl groups is 1. The lowest BCUT2D eigenvalue weighted by atomic mass is 10.1. The van der Waals surface area contributed by atoms with Gasteiger partial charge in [-0.2, -0.15) is 0 Å². The molecular weight excluding hydrogens is 368 g/mol. The fourth-order valence-electron chi connectivity index (χ4n) is 1.28. The van der Waals surface area contributed by atoms with Crippen LogP contribution >= 0.6 is 11.8 Å². The summed E-state index contributed by atoms with van der Waals surface area (Å²) in [7, 11) is 2.79. The molecule has 0 aromatic heterocycles. The second-order valence-electron chi connectivity index (χ2n) is 4.27. The molecule has 3 N–H and O–H groups in total. The van der Waals surface area contributed by atoms with E-state index in [1.54, 1.807) is 23.7 Å². The third-order valence-corrected chi connectivity index (χ3v) is 3.60. The van der Waals surface area contributed by atoms with Gasteiger partial charge >= 0.3 is 0 Å². The van der Waals surface area contributed by atoms with E-state index in [4.69, 9.17) is 15.6 Å². The minimum absolute atomic E-state index is 0.0611. The van der Waals surface area contributed by atoms with Gasteiger partial charge in [0, 0.05) is 14.2 Å². The van der Waals surface area contributed by atoms with E-state index in [1.807, 2.05) is 19.9 Å². The Bertz CT molecular complexity index is 385. The zero-order chi connectivity index (χ0) is 22.8. The molecule has 7 nitrogen and oxygen atoms in total. The molecule has 0 aromatic carbocycles. The highest BCUT2D eigenvalue weighted by molar-refractivity contribution is 8.00. The number of allylic oxidation sites excluding steroid dienone is 1. The van der Waals surface area contributed by atoms with Gasteiger partial charge in [-0.15, -0.1) is 37.8 Å². The molecule has 27 heavy (non-hydrogen) atoms. The molecule has 1 aliphatic rings. The second-order valence-corrected chi connectivity index (χ2v) is 5.66. The Morgan fingerprint density at radius 1 is 1.33 bits per heavy atom. The third kappa shape index (κ3) is 23.9. The number of ether oxygens (including phenoxy) is 1. The fraction of sp³-hybridized carbons (Fsp3) is 0.526. The Labute approximate surface area is 169 Å². The van der Waals surface area contributed by atoms with Gasteiger partial charge in [0.15, 0.2) is 0 Å². The summed E-state index contributed by atoms with van der Waals surface area (Å²) in [6.07, 6.45) is 10.6. The van der Waals surface area contributed by atoms with Gasteiger partial charge in [0.2, 0.25) is 5.91 Å². The normalized spacial score (nSPS) is 15.2. The van der Waals surface area contributed by atoms with Crippen LogP contribution in [0.2, 0.25) is 0 Å². The molecule has 8 heteroatoms. The van der Waals surface area contributed by atoms with Crippen molar-refractivity contribution in [3.05, 3.63) is 24.8 Å². The molecule has 2 atom stereocenters. The van der Waals surface area contributed by atoms with Crippen LogP contribution in [0.15, 0.2) is 24.8 Å². The molecule has 0 bridgehead atoms. The van der Waals surface area contributed by atoms with Crippen LogP contribution in [0, 0.1) is 12.8 Å². The number of nitrogens with zero attached hydrogens (tertiary/aromatic N) is 1. The summed E-state index contributed by atoms with van der Waals surface area (Å²) in [5.74, 6) is 1.07.